The number of carbonyl (C=O) groups is 1. The molecule has 0 saturated heterocycles. The van der Waals surface area contributed by atoms with Gasteiger partial charge < -0.3 is 4.90 Å². The fraction of sp³-hybridized carbons (Fsp3) is 0.370. The van der Waals surface area contributed by atoms with Crippen LogP contribution in [0.25, 0.3) is 11.1 Å². The van der Waals surface area contributed by atoms with Crippen LogP contribution in [0.2, 0.25) is 0 Å². The van der Waals surface area contributed by atoms with Gasteiger partial charge in [0.05, 0.1) is 11.3 Å². The summed E-state index contributed by atoms with van der Waals surface area (Å²) in [6.45, 7) is 8.97. The summed E-state index contributed by atoms with van der Waals surface area (Å²) in [5.41, 5.74) is 5.75. The van der Waals surface area contributed by atoms with Crippen molar-refractivity contribution in [2.75, 3.05) is 14.1 Å². The van der Waals surface area contributed by atoms with Crippen LogP contribution in [0.4, 0.5) is 0 Å². The maximum absolute atomic E-state index is 13.0. The van der Waals surface area contributed by atoms with Crippen molar-refractivity contribution in [1.82, 2.24) is 19.6 Å². The summed E-state index contributed by atoms with van der Waals surface area (Å²) in [5, 5.41) is 0. The molecule has 2 aromatic carbocycles. The quantitative estimate of drug-likeness (QED) is 0.471. The van der Waals surface area contributed by atoms with Gasteiger partial charge in [-0.2, -0.15) is 0 Å². The molecule has 0 radical (unpaired) electrons. The first-order valence-electron chi connectivity index (χ1n) is 11.7. The highest BCUT2D eigenvalue weighted by atomic mass is 32.2. The number of nitrogens with one attached hydrogen (secondary N) is 1. The Morgan fingerprint density at radius 3 is 1.94 bits per heavy atom. The van der Waals surface area contributed by atoms with Gasteiger partial charge in [0, 0.05) is 24.5 Å². The number of aromatic nitrogens is 2. The molecule has 1 N–H and O–H groups in total. The van der Waals surface area contributed by atoms with Crippen LogP contribution in [0.1, 0.15) is 61.8 Å². The van der Waals surface area contributed by atoms with Gasteiger partial charge in [-0.05, 0) is 65.9 Å². The Morgan fingerprint density at radius 2 is 1.46 bits per heavy atom. The number of hydrogen-bond acceptors (Lipinski definition) is 6. The van der Waals surface area contributed by atoms with Crippen molar-refractivity contribution in [3.8, 4) is 11.1 Å². The van der Waals surface area contributed by atoms with Gasteiger partial charge in [0.2, 0.25) is 5.91 Å². The van der Waals surface area contributed by atoms with Gasteiger partial charge in [0.15, 0.2) is 0 Å². The fourth-order valence-electron chi connectivity index (χ4n) is 4.11. The molecule has 0 aliphatic rings. The zero-order chi connectivity index (χ0) is 25.8. The first kappa shape index (κ1) is 26.5. The predicted octanol–water partition coefficient (Wildman–Crippen LogP) is 4.50. The maximum atomic E-state index is 13.0. The largest absolute Gasteiger partial charge is 0.305 e. The van der Waals surface area contributed by atoms with Crippen LogP contribution in [0.15, 0.2) is 60.0 Å². The van der Waals surface area contributed by atoms with Gasteiger partial charge in [-0.3, -0.25) is 4.79 Å². The summed E-state index contributed by atoms with van der Waals surface area (Å²) >= 11 is 0. The molecular formula is C27H34N4O3S. The van der Waals surface area contributed by atoms with E-state index < -0.39 is 15.9 Å². The first-order valence-corrected chi connectivity index (χ1v) is 13.2. The van der Waals surface area contributed by atoms with Crippen LogP contribution in [0.5, 0.6) is 0 Å². The number of hydrogen-bond donors (Lipinski definition) is 1. The molecule has 0 spiro atoms. The van der Waals surface area contributed by atoms with E-state index in [1.54, 1.807) is 24.5 Å². The lowest BCUT2D eigenvalue weighted by molar-refractivity contribution is -0.118. The Bertz CT molecular complexity index is 1240. The van der Waals surface area contributed by atoms with E-state index in [1.165, 1.54) is 18.5 Å². The summed E-state index contributed by atoms with van der Waals surface area (Å²) in [5.74, 6) is -0.275. The summed E-state index contributed by atoms with van der Waals surface area (Å²) in [7, 11) is -0.0792. The monoisotopic (exact) mass is 494 g/mol. The molecule has 1 amide bonds. The molecule has 0 atom stereocenters. The third kappa shape index (κ3) is 6.74. The normalized spacial score (nSPS) is 11.9. The van der Waals surface area contributed by atoms with Gasteiger partial charge in [-0.15, -0.1) is 0 Å². The van der Waals surface area contributed by atoms with Crippen LogP contribution in [-0.2, 0) is 27.8 Å². The molecule has 186 valence electrons. The van der Waals surface area contributed by atoms with Gasteiger partial charge in [-0.1, -0.05) is 52.0 Å². The van der Waals surface area contributed by atoms with Crippen LogP contribution in [-0.4, -0.2) is 43.3 Å². The standard InChI is InChI=1S/C27H34N4O3S/c1-18(2)24-11-21(22-14-28-17-29-15-22)12-25(19(3)4)26(24)13-27(32)30-35(33,34)23-9-7-20(8-10-23)16-31(5)6/h7-12,14-15,17-19H,13,16H2,1-6H3,(H,30,32). The lowest BCUT2D eigenvalue weighted by Crippen LogP contribution is -2.32. The average Bonchev–Trinajstić information content (AvgIpc) is 2.79. The van der Waals surface area contributed by atoms with Gasteiger partial charge in [-0.25, -0.2) is 23.1 Å². The first-order chi connectivity index (χ1) is 16.5. The van der Waals surface area contributed by atoms with Crippen molar-refractivity contribution in [2.24, 2.45) is 0 Å². The highest BCUT2D eigenvalue weighted by molar-refractivity contribution is 7.90. The topological polar surface area (TPSA) is 92.3 Å². The van der Waals surface area contributed by atoms with Crippen LogP contribution >= 0.6 is 0 Å². The molecule has 0 aliphatic carbocycles. The Labute approximate surface area is 208 Å². The number of sulfonamides is 1. The third-order valence-corrected chi connectivity index (χ3v) is 7.16. The van der Waals surface area contributed by atoms with Crippen molar-refractivity contribution < 1.29 is 13.2 Å². The minimum Gasteiger partial charge on any atom is -0.305 e. The molecule has 8 heteroatoms. The number of benzene rings is 2. The molecule has 0 unspecified atom stereocenters. The minimum absolute atomic E-state index is 0.0233. The Balaban J connectivity index is 1.90. The summed E-state index contributed by atoms with van der Waals surface area (Å²) in [6, 6.07) is 10.7. The molecule has 7 nitrogen and oxygen atoms in total. The van der Waals surface area contributed by atoms with E-state index in [-0.39, 0.29) is 23.2 Å². The molecule has 0 fully saturated rings. The van der Waals surface area contributed by atoms with E-state index >= 15 is 0 Å². The van der Waals surface area contributed by atoms with Crippen molar-refractivity contribution in [3.63, 3.8) is 0 Å². The van der Waals surface area contributed by atoms with Gasteiger partial charge in [0.1, 0.15) is 6.33 Å². The smallest absolute Gasteiger partial charge is 0.264 e. The molecule has 1 heterocycles. The summed E-state index contributed by atoms with van der Waals surface area (Å²) in [4.78, 5) is 23.3. The van der Waals surface area contributed by atoms with Gasteiger partial charge in [0.25, 0.3) is 10.0 Å². The Kier molecular flexibility index (Phi) is 8.40. The van der Waals surface area contributed by atoms with Crippen LogP contribution in [0, 0.1) is 0 Å². The highest BCUT2D eigenvalue weighted by Crippen LogP contribution is 2.33. The van der Waals surface area contributed by atoms with Crippen molar-refractivity contribution >= 4 is 15.9 Å². The SMILES string of the molecule is CC(C)c1cc(-c2cncnc2)cc(C(C)C)c1CC(=O)NS(=O)(=O)c1ccc(CN(C)C)cc1. The lowest BCUT2D eigenvalue weighted by Gasteiger charge is -2.21. The average molecular weight is 495 g/mol. The van der Waals surface area contributed by atoms with Crippen molar-refractivity contribution in [3.05, 3.63) is 77.4 Å². The van der Waals surface area contributed by atoms with E-state index in [0.29, 0.717) is 6.54 Å². The second kappa shape index (κ2) is 11.1. The second-order valence-corrected chi connectivity index (χ2v) is 11.3. The second-order valence-electron chi connectivity index (χ2n) is 9.66. The number of carbonyl (C=O) groups excluding carboxylic acids is 1. The predicted molar refractivity (Wildman–Crippen MR) is 139 cm³/mol. The van der Waals surface area contributed by atoms with E-state index in [0.717, 1.165) is 33.4 Å². The van der Waals surface area contributed by atoms with Crippen molar-refractivity contribution in [2.45, 2.75) is 57.4 Å². The summed E-state index contributed by atoms with van der Waals surface area (Å²) < 4.78 is 28.0. The molecule has 0 saturated carbocycles. The molecule has 1 aromatic heterocycles. The molecule has 0 aliphatic heterocycles. The van der Waals surface area contributed by atoms with E-state index in [9.17, 15) is 13.2 Å². The molecule has 3 rings (SSSR count). The minimum atomic E-state index is -3.97. The zero-order valence-electron chi connectivity index (χ0n) is 21.2. The van der Waals surface area contributed by atoms with Crippen LogP contribution in [0.3, 0.4) is 0 Å². The Hall–Kier alpha value is -3.10. The maximum Gasteiger partial charge on any atom is 0.264 e. The third-order valence-electron chi connectivity index (χ3n) is 5.77. The highest BCUT2D eigenvalue weighted by Gasteiger charge is 2.22. The summed E-state index contributed by atoms with van der Waals surface area (Å²) in [6.07, 6.45) is 4.99. The fourth-order valence-corrected chi connectivity index (χ4v) is 5.10. The molecular weight excluding hydrogens is 460 g/mol. The van der Waals surface area contributed by atoms with Crippen molar-refractivity contribution in [1.29, 1.82) is 0 Å². The zero-order valence-corrected chi connectivity index (χ0v) is 22.1. The lowest BCUT2D eigenvalue weighted by atomic mass is 9.84. The molecule has 0 bridgehead atoms. The van der Waals surface area contributed by atoms with E-state index in [1.807, 2.05) is 19.0 Å². The van der Waals surface area contributed by atoms with Gasteiger partial charge >= 0.3 is 0 Å². The Morgan fingerprint density at radius 1 is 0.914 bits per heavy atom. The van der Waals surface area contributed by atoms with E-state index in [4.69, 9.17) is 0 Å². The molecule has 3 aromatic rings. The number of rotatable bonds is 9. The molecule has 35 heavy (non-hydrogen) atoms. The number of nitrogens with zero attached hydrogens (tertiary/aromatic N) is 3. The number of amides is 1. The van der Waals surface area contributed by atoms with Crippen LogP contribution < -0.4 is 4.72 Å². The van der Waals surface area contributed by atoms with E-state index in [2.05, 4.69) is 54.5 Å².